The number of anilines is 1. The molecule has 6 nitrogen and oxygen atoms in total. The van der Waals surface area contributed by atoms with E-state index in [0.717, 1.165) is 34.3 Å². The van der Waals surface area contributed by atoms with E-state index in [0.29, 0.717) is 27.5 Å². The SMILES string of the molecule is Cc1c(Br)cc(Oc2ccc(F)cc2F)cc1[N+](=O)[O-].Cc1c(N)cc(Oc2ccc(F)cc2F)cc1Br.[Fe]. The summed E-state index contributed by atoms with van der Waals surface area (Å²) in [6, 6.07) is 11.9. The van der Waals surface area contributed by atoms with Crippen molar-refractivity contribution in [3.63, 3.8) is 0 Å². The zero-order chi connectivity index (χ0) is 28.1. The van der Waals surface area contributed by atoms with Gasteiger partial charge in [-0.1, -0.05) is 31.9 Å². The van der Waals surface area contributed by atoms with Crippen molar-refractivity contribution in [1.82, 2.24) is 0 Å². The van der Waals surface area contributed by atoms with Crippen molar-refractivity contribution in [3.05, 3.63) is 114 Å². The number of hydrogen-bond donors (Lipinski definition) is 1. The summed E-state index contributed by atoms with van der Waals surface area (Å²) >= 11 is 6.50. The van der Waals surface area contributed by atoms with Crippen LogP contribution in [0.15, 0.2) is 69.6 Å². The van der Waals surface area contributed by atoms with Crippen LogP contribution in [0.3, 0.4) is 0 Å². The molecule has 0 atom stereocenters. The van der Waals surface area contributed by atoms with Gasteiger partial charge in [-0.05, 0) is 55.8 Å². The predicted octanol–water partition coefficient (Wildman–Crippen LogP) is 9.14. The van der Waals surface area contributed by atoms with Crippen LogP contribution in [0.4, 0.5) is 28.9 Å². The van der Waals surface area contributed by atoms with Crippen molar-refractivity contribution >= 4 is 43.2 Å². The van der Waals surface area contributed by atoms with E-state index in [4.69, 9.17) is 15.2 Å². The summed E-state index contributed by atoms with van der Waals surface area (Å²) in [6.45, 7) is 3.42. The molecule has 13 heteroatoms. The molecule has 0 aromatic heterocycles. The van der Waals surface area contributed by atoms with Crippen LogP contribution in [0, 0.1) is 47.2 Å². The van der Waals surface area contributed by atoms with Crippen molar-refractivity contribution in [1.29, 1.82) is 0 Å². The summed E-state index contributed by atoms with van der Waals surface area (Å²) in [5, 5.41) is 10.9. The molecule has 0 aliphatic rings. The van der Waals surface area contributed by atoms with Gasteiger partial charge in [-0.3, -0.25) is 10.1 Å². The van der Waals surface area contributed by atoms with Gasteiger partial charge in [0.05, 0.1) is 11.0 Å². The monoisotopic (exact) mass is 712 g/mol. The summed E-state index contributed by atoms with van der Waals surface area (Å²) in [6.07, 6.45) is 0. The number of nitrogens with zero attached hydrogens (tertiary/aromatic N) is 1. The Labute approximate surface area is 248 Å². The molecule has 4 aromatic carbocycles. The Morgan fingerprint density at radius 1 is 0.744 bits per heavy atom. The average molecular weight is 714 g/mol. The Morgan fingerprint density at radius 2 is 1.18 bits per heavy atom. The van der Waals surface area contributed by atoms with Crippen molar-refractivity contribution in [3.8, 4) is 23.0 Å². The molecule has 0 aliphatic carbocycles. The zero-order valence-corrected chi connectivity index (χ0v) is 24.3. The van der Waals surface area contributed by atoms with E-state index in [1.165, 1.54) is 18.2 Å². The Hall–Kier alpha value is -3.12. The van der Waals surface area contributed by atoms with Gasteiger partial charge in [0.15, 0.2) is 23.1 Å². The van der Waals surface area contributed by atoms with Gasteiger partial charge in [0, 0.05) is 55.5 Å². The minimum Gasteiger partial charge on any atom is -0.454 e. The number of nitro benzene ring substituents is 1. The fraction of sp³-hybridized carbons (Fsp3) is 0.0769. The average Bonchev–Trinajstić information content (AvgIpc) is 2.83. The van der Waals surface area contributed by atoms with Crippen LogP contribution in [0.2, 0.25) is 0 Å². The molecule has 4 aromatic rings. The maximum Gasteiger partial charge on any atom is 0.277 e. The molecule has 2 N–H and O–H groups in total. The van der Waals surface area contributed by atoms with Gasteiger partial charge in [0.2, 0.25) is 0 Å². The molecule has 0 radical (unpaired) electrons. The largest absolute Gasteiger partial charge is 0.454 e. The first-order valence-electron chi connectivity index (χ1n) is 10.6. The number of hydrogen-bond acceptors (Lipinski definition) is 5. The van der Waals surface area contributed by atoms with E-state index in [-0.39, 0.29) is 40.0 Å². The Kier molecular flexibility index (Phi) is 11.3. The second-order valence-electron chi connectivity index (χ2n) is 7.78. The third-order valence-corrected chi connectivity index (χ3v) is 6.74. The maximum absolute atomic E-state index is 13.5. The van der Waals surface area contributed by atoms with Crippen molar-refractivity contribution in [2.45, 2.75) is 13.8 Å². The molecule has 0 saturated carbocycles. The molecule has 0 amide bonds. The third-order valence-electron chi connectivity index (χ3n) is 5.09. The number of halogens is 6. The Morgan fingerprint density at radius 3 is 1.59 bits per heavy atom. The van der Waals surface area contributed by atoms with Gasteiger partial charge in [-0.2, -0.15) is 0 Å². The van der Waals surface area contributed by atoms with Crippen LogP contribution in [0.25, 0.3) is 0 Å². The van der Waals surface area contributed by atoms with Gasteiger partial charge >= 0.3 is 0 Å². The van der Waals surface area contributed by atoms with Gasteiger partial charge in [-0.25, -0.2) is 17.6 Å². The molecule has 0 spiro atoms. The number of nitro groups is 1. The normalized spacial score (nSPS) is 10.2. The van der Waals surface area contributed by atoms with E-state index in [9.17, 15) is 27.7 Å². The second kappa shape index (κ2) is 13.8. The van der Waals surface area contributed by atoms with E-state index in [1.54, 1.807) is 19.1 Å². The minimum absolute atomic E-state index is 0. The minimum atomic E-state index is -0.885. The van der Waals surface area contributed by atoms with Crippen molar-refractivity contribution < 1.29 is 49.0 Å². The van der Waals surface area contributed by atoms with Crippen LogP contribution in [-0.4, -0.2) is 4.92 Å². The number of rotatable bonds is 5. The Balaban J connectivity index is 0.000000268. The number of nitrogens with two attached hydrogens (primary N) is 1. The van der Waals surface area contributed by atoms with Gasteiger partial charge in [0.25, 0.3) is 5.69 Å². The molecule has 0 heterocycles. The van der Waals surface area contributed by atoms with E-state index in [1.807, 2.05) is 6.92 Å². The van der Waals surface area contributed by atoms with E-state index < -0.39 is 28.2 Å². The van der Waals surface area contributed by atoms with Gasteiger partial charge in [0.1, 0.15) is 23.1 Å². The number of benzene rings is 4. The van der Waals surface area contributed by atoms with Crippen LogP contribution >= 0.6 is 31.9 Å². The topological polar surface area (TPSA) is 87.6 Å². The predicted molar refractivity (Wildman–Crippen MR) is 142 cm³/mol. The van der Waals surface area contributed by atoms with Crippen LogP contribution in [0.5, 0.6) is 23.0 Å². The fourth-order valence-electron chi connectivity index (χ4n) is 2.99. The zero-order valence-electron chi connectivity index (χ0n) is 20.1. The molecule has 0 unspecified atom stereocenters. The van der Waals surface area contributed by atoms with E-state index in [2.05, 4.69) is 31.9 Å². The second-order valence-corrected chi connectivity index (χ2v) is 9.49. The summed E-state index contributed by atoms with van der Waals surface area (Å²) in [4.78, 5) is 10.3. The molecule has 0 fully saturated rings. The van der Waals surface area contributed by atoms with Gasteiger partial charge in [-0.15, -0.1) is 0 Å². The molecule has 39 heavy (non-hydrogen) atoms. The van der Waals surface area contributed by atoms with Crippen molar-refractivity contribution in [2.24, 2.45) is 0 Å². The molecular formula is C26H18Br2F4FeN2O4. The number of nitrogen functional groups attached to an aromatic ring is 1. The summed E-state index contributed by atoms with van der Waals surface area (Å²) < 4.78 is 64.2. The number of ether oxygens (including phenoxy) is 2. The molecule has 0 bridgehead atoms. The first kappa shape index (κ1) is 32.1. The first-order chi connectivity index (χ1) is 17.8. The van der Waals surface area contributed by atoms with E-state index >= 15 is 0 Å². The van der Waals surface area contributed by atoms with Crippen LogP contribution < -0.4 is 15.2 Å². The maximum atomic E-state index is 13.5. The smallest absolute Gasteiger partial charge is 0.277 e. The molecular weight excluding hydrogens is 696 g/mol. The van der Waals surface area contributed by atoms with Crippen LogP contribution in [-0.2, 0) is 17.1 Å². The third kappa shape index (κ3) is 8.43. The summed E-state index contributed by atoms with van der Waals surface area (Å²) in [5.41, 5.74) is 7.46. The fourth-order valence-corrected chi connectivity index (χ4v) is 3.88. The van der Waals surface area contributed by atoms with Crippen molar-refractivity contribution in [2.75, 3.05) is 5.73 Å². The molecule has 0 saturated heterocycles. The summed E-state index contributed by atoms with van der Waals surface area (Å²) in [7, 11) is 0. The Bertz CT molecular complexity index is 1500. The summed E-state index contributed by atoms with van der Waals surface area (Å²) in [5.74, 6) is -2.82. The molecule has 4 rings (SSSR count). The standard InChI is InChI=1S/C13H8BrF2NO3.C13H10BrF2NO.Fe/c1-7-10(14)5-9(6-12(7)17(18)19)20-13-3-2-8(15)4-11(13)16;1-7-10(14)5-9(6-12(7)17)18-13-3-2-8(15)4-11(13)16;/h2-6H,1H3;2-6H,17H2,1H3;. The van der Waals surface area contributed by atoms with Gasteiger partial charge < -0.3 is 15.2 Å². The molecule has 206 valence electrons. The first-order valence-corrected chi connectivity index (χ1v) is 12.2. The quantitative estimate of drug-likeness (QED) is 0.0733. The molecule has 0 aliphatic heterocycles. The van der Waals surface area contributed by atoms with Crippen LogP contribution in [0.1, 0.15) is 11.1 Å².